The number of benzene rings is 1. The number of rotatable bonds is 2. The van der Waals surface area contributed by atoms with Crippen molar-refractivity contribution in [3.63, 3.8) is 0 Å². The highest BCUT2D eigenvalue weighted by Gasteiger charge is 2.14. The minimum Gasteiger partial charge on any atom is -0.330 e. The minimum absolute atomic E-state index is 0.159. The van der Waals surface area contributed by atoms with Crippen LogP contribution in [0.2, 0.25) is 0 Å². The smallest absolute Gasteiger partial charge is 0.139 e. The Balaban J connectivity index is 2.36. The van der Waals surface area contributed by atoms with Crippen LogP contribution in [0.1, 0.15) is 32.0 Å². The van der Waals surface area contributed by atoms with E-state index in [1.807, 2.05) is 11.6 Å². The predicted molar refractivity (Wildman–Crippen MR) is 76.7 cm³/mol. The van der Waals surface area contributed by atoms with Gasteiger partial charge >= 0.3 is 0 Å². The maximum atomic E-state index is 8.76. The lowest BCUT2D eigenvalue weighted by molar-refractivity contribution is 0.590. The van der Waals surface area contributed by atoms with Crippen molar-refractivity contribution in [2.24, 2.45) is 7.05 Å². The molecule has 0 atom stereocenters. The standard InChI is InChI=1S/C16H19N3/c1-16(2,3)13-7-5-12(6-8-13)15-18-11-14(9-10-17)19(15)4/h5-8,11H,9H2,1-4H3. The Hall–Kier alpha value is -2.08. The number of imidazole rings is 1. The van der Waals surface area contributed by atoms with Crippen LogP contribution in [0.5, 0.6) is 0 Å². The van der Waals surface area contributed by atoms with Crippen LogP contribution >= 0.6 is 0 Å². The molecule has 0 N–H and O–H groups in total. The summed E-state index contributed by atoms with van der Waals surface area (Å²) in [6.45, 7) is 6.61. The van der Waals surface area contributed by atoms with Gasteiger partial charge in [-0.3, -0.25) is 0 Å². The van der Waals surface area contributed by atoms with E-state index in [1.165, 1.54) is 5.56 Å². The molecule has 19 heavy (non-hydrogen) atoms. The van der Waals surface area contributed by atoms with Gasteiger partial charge in [-0.05, 0) is 11.0 Å². The molecule has 1 aromatic heterocycles. The van der Waals surface area contributed by atoms with E-state index >= 15 is 0 Å². The van der Waals surface area contributed by atoms with Gasteiger partial charge in [0.2, 0.25) is 0 Å². The molecule has 0 spiro atoms. The van der Waals surface area contributed by atoms with Crippen LogP contribution in [0, 0.1) is 11.3 Å². The van der Waals surface area contributed by atoms with Crippen LogP contribution in [-0.4, -0.2) is 9.55 Å². The van der Waals surface area contributed by atoms with E-state index in [0.717, 1.165) is 17.1 Å². The van der Waals surface area contributed by atoms with Crippen molar-refractivity contribution in [3.05, 3.63) is 41.7 Å². The van der Waals surface area contributed by atoms with Crippen LogP contribution < -0.4 is 0 Å². The van der Waals surface area contributed by atoms with Gasteiger partial charge in [-0.1, -0.05) is 45.0 Å². The van der Waals surface area contributed by atoms with Crippen molar-refractivity contribution >= 4 is 0 Å². The average molecular weight is 253 g/mol. The summed E-state index contributed by atoms with van der Waals surface area (Å²) in [5.74, 6) is 0.908. The van der Waals surface area contributed by atoms with Gasteiger partial charge in [-0.25, -0.2) is 4.98 Å². The first-order chi connectivity index (χ1) is 8.93. The third-order valence-electron chi connectivity index (χ3n) is 3.35. The van der Waals surface area contributed by atoms with E-state index in [1.54, 1.807) is 6.20 Å². The topological polar surface area (TPSA) is 41.6 Å². The fourth-order valence-electron chi connectivity index (χ4n) is 2.08. The molecular formula is C16H19N3. The van der Waals surface area contributed by atoms with Crippen molar-refractivity contribution in [2.45, 2.75) is 32.6 Å². The van der Waals surface area contributed by atoms with Crippen molar-refractivity contribution < 1.29 is 0 Å². The Morgan fingerprint density at radius 1 is 1.21 bits per heavy atom. The molecule has 3 nitrogen and oxygen atoms in total. The molecule has 3 heteroatoms. The second-order valence-electron chi connectivity index (χ2n) is 5.79. The van der Waals surface area contributed by atoms with E-state index < -0.39 is 0 Å². The summed E-state index contributed by atoms with van der Waals surface area (Å²) < 4.78 is 1.98. The van der Waals surface area contributed by atoms with Crippen LogP contribution in [0.15, 0.2) is 30.5 Å². The third-order valence-corrected chi connectivity index (χ3v) is 3.35. The summed E-state index contributed by atoms with van der Waals surface area (Å²) in [6.07, 6.45) is 2.17. The largest absolute Gasteiger partial charge is 0.330 e. The normalized spacial score (nSPS) is 11.3. The van der Waals surface area contributed by atoms with Crippen LogP contribution in [0.4, 0.5) is 0 Å². The minimum atomic E-state index is 0.159. The first kappa shape index (κ1) is 13.4. The van der Waals surface area contributed by atoms with Gasteiger partial charge < -0.3 is 4.57 Å². The highest BCUT2D eigenvalue weighted by molar-refractivity contribution is 5.57. The van der Waals surface area contributed by atoms with Crippen LogP contribution in [-0.2, 0) is 18.9 Å². The first-order valence-corrected chi connectivity index (χ1v) is 6.42. The molecule has 0 fully saturated rings. The molecule has 2 rings (SSSR count). The third kappa shape index (κ3) is 2.68. The van der Waals surface area contributed by atoms with E-state index in [2.05, 4.69) is 56.1 Å². The van der Waals surface area contributed by atoms with Crippen molar-refractivity contribution in [1.29, 1.82) is 5.26 Å². The SMILES string of the molecule is Cn1c(CC#N)cnc1-c1ccc(C(C)(C)C)cc1. The maximum Gasteiger partial charge on any atom is 0.139 e. The van der Waals surface area contributed by atoms with Gasteiger partial charge in [0.1, 0.15) is 5.82 Å². The van der Waals surface area contributed by atoms with E-state index in [9.17, 15) is 0 Å². The monoisotopic (exact) mass is 253 g/mol. The maximum absolute atomic E-state index is 8.76. The van der Waals surface area contributed by atoms with Crippen LogP contribution in [0.3, 0.4) is 0 Å². The molecule has 0 aliphatic heterocycles. The zero-order valence-electron chi connectivity index (χ0n) is 11.9. The van der Waals surface area contributed by atoms with Gasteiger partial charge in [0, 0.05) is 18.8 Å². The molecule has 0 saturated carbocycles. The van der Waals surface area contributed by atoms with Crippen molar-refractivity contribution in [1.82, 2.24) is 9.55 Å². The highest BCUT2D eigenvalue weighted by atomic mass is 15.1. The van der Waals surface area contributed by atoms with Gasteiger partial charge in [0.05, 0.1) is 18.2 Å². The van der Waals surface area contributed by atoms with Crippen molar-refractivity contribution in [3.8, 4) is 17.5 Å². The molecule has 2 aromatic rings. The summed E-state index contributed by atoms with van der Waals surface area (Å²) in [5.41, 5.74) is 3.49. The summed E-state index contributed by atoms with van der Waals surface area (Å²) in [7, 11) is 1.95. The van der Waals surface area contributed by atoms with Gasteiger partial charge in [-0.15, -0.1) is 0 Å². The molecule has 0 radical (unpaired) electrons. The molecule has 0 aliphatic carbocycles. The molecule has 0 aliphatic rings. The summed E-state index contributed by atoms with van der Waals surface area (Å²) >= 11 is 0. The first-order valence-electron chi connectivity index (χ1n) is 6.42. The Morgan fingerprint density at radius 3 is 2.37 bits per heavy atom. The Labute approximate surface area is 114 Å². The van der Waals surface area contributed by atoms with Crippen LogP contribution in [0.25, 0.3) is 11.4 Å². The number of hydrogen-bond acceptors (Lipinski definition) is 2. The summed E-state index contributed by atoms with van der Waals surface area (Å²) in [4.78, 5) is 4.41. The number of nitriles is 1. The van der Waals surface area contributed by atoms with Crippen molar-refractivity contribution in [2.75, 3.05) is 0 Å². The fourth-order valence-corrected chi connectivity index (χ4v) is 2.08. The molecule has 0 unspecified atom stereocenters. The fraction of sp³-hybridized carbons (Fsp3) is 0.375. The number of nitrogens with zero attached hydrogens (tertiary/aromatic N) is 3. The Kier molecular flexibility index (Phi) is 3.44. The second kappa shape index (κ2) is 4.89. The predicted octanol–water partition coefficient (Wildman–Crippen LogP) is 3.45. The van der Waals surface area contributed by atoms with Gasteiger partial charge in [0.15, 0.2) is 0 Å². The molecule has 1 aromatic carbocycles. The van der Waals surface area contributed by atoms with Gasteiger partial charge in [-0.2, -0.15) is 5.26 Å². The zero-order valence-corrected chi connectivity index (χ0v) is 11.9. The lowest BCUT2D eigenvalue weighted by Crippen LogP contribution is -2.10. The highest BCUT2D eigenvalue weighted by Crippen LogP contribution is 2.25. The summed E-state index contributed by atoms with van der Waals surface area (Å²) in [6, 6.07) is 10.6. The lowest BCUT2D eigenvalue weighted by Gasteiger charge is -2.19. The molecule has 0 saturated heterocycles. The lowest BCUT2D eigenvalue weighted by atomic mass is 9.87. The molecular weight excluding hydrogens is 234 g/mol. The zero-order chi connectivity index (χ0) is 14.0. The van der Waals surface area contributed by atoms with E-state index in [4.69, 9.17) is 5.26 Å². The van der Waals surface area contributed by atoms with E-state index in [-0.39, 0.29) is 5.41 Å². The molecule has 0 bridgehead atoms. The molecule has 98 valence electrons. The molecule has 1 heterocycles. The molecule has 0 amide bonds. The second-order valence-corrected chi connectivity index (χ2v) is 5.79. The van der Waals surface area contributed by atoms with E-state index in [0.29, 0.717) is 6.42 Å². The quantitative estimate of drug-likeness (QED) is 0.822. The number of hydrogen-bond donors (Lipinski definition) is 0. The summed E-state index contributed by atoms with van der Waals surface area (Å²) in [5, 5.41) is 8.76. The van der Waals surface area contributed by atoms with Gasteiger partial charge in [0.25, 0.3) is 0 Å². The average Bonchev–Trinajstić information content (AvgIpc) is 2.71. The Bertz CT molecular complexity index is 607. The number of aromatic nitrogens is 2. The Morgan fingerprint density at radius 2 is 1.84 bits per heavy atom.